The van der Waals surface area contributed by atoms with Gasteiger partial charge in [0.25, 0.3) is 5.91 Å². The largest absolute Gasteiger partial charge is 0.505 e. The number of hydrogen-bond acceptors (Lipinski definition) is 4. The van der Waals surface area contributed by atoms with Gasteiger partial charge < -0.3 is 15.0 Å². The molecule has 1 amide bonds. The Balaban J connectivity index is 2.01. The second kappa shape index (κ2) is 6.18. The molecule has 0 unspecified atom stereocenters. The minimum atomic E-state index is -0.402. The number of amides is 1. The van der Waals surface area contributed by atoms with E-state index in [-0.39, 0.29) is 11.4 Å². The van der Waals surface area contributed by atoms with E-state index in [1.807, 2.05) is 4.57 Å². The zero-order chi connectivity index (χ0) is 14.5. The maximum Gasteiger partial charge on any atom is 0.274 e. The number of imidazole rings is 1. The zero-order valence-electron chi connectivity index (χ0n) is 11.6. The van der Waals surface area contributed by atoms with Gasteiger partial charge in [0.15, 0.2) is 5.69 Å². The smallest absolute Gasteiger partial charge is 0.274 e. The van der Waals surface area contributed by atoms with Crippen LogP contribution in [0.25, 0.3) is 0 Å². The van der Waals surface area contributed by atoms with Gasteiger partial charge in [0.2, 0.25) is 0 Å². The van der Waals surface area contributed by atoms with Gasteiger partial charge in [-0.05, 0) is 18.1 Å². The molecule has 2 aromatic heterocycles. The predicted molar refractivity (Wildman–Crippen MR) is 74.1 cm³/mol. The zero-order valence-corrected chi connectivity index (χ0v) is 11.6. The van der Waals surface area contributed by atoms with Crippen molar-refractivity contribution in [2.75, 3.05) is 0 Å². The lowest BCUT2D eigenvalue weighted by Crippen LogP contribution is -2.25. The molecule has 6 heteroatoms. The summed E-state index contributed by atoms with van der Waals surface area (Å²) < 4.78 is 2.00. The number of nitrogens with zero attached hydrogens (tertiary/aromatic N) is 3. The van der Waals surface area contributed by atoms with Crippen LogP contribution in [0, 0.1) is 5.92 Å². The number of carbonyl (C=O) groups is 1. The van der Waals surface area contributed by atoms with Crippen LogP contribution in [-0.4, -0.2) is 25.5 Å². The summed E-state index contributed by atoms with van der Waals surface area (Å²) >= 11 is 0. The lowest BCUT2D eigenvalue weighted by atomic mass is 10.2. The SMILES string of the molecule is CC(C)Cn1cncc1CNC(=O)c1ncccc1O. The molecule has 2 N–H and O–H groups in total. The molecule has 2 aromatic rings. The molecule has 0 saturated carbocycles. The molecular weight excluding hydrogens is 256 g/mol. The highest BCUT2D eigenvalue weighted by molar-refractivity contribution is 5.94. The summed E-state index contributed by atoms with van der Waals surface area (Å²) in [6.07, 6.45) is 4.94. The third-order valence-electron chi connectivity index (χ3n) is 2.79. The summed E-state index contributed by atoms with van der Waals surface area (Å²) in [5.41, 5.74) is 0.949. The number of nitrogens with one attached hydrogen (secondary N) is 1. The Labute approximate surface area is 117 Å². The van der Waals surface area contributed by atoms with Crippen LogP contribution in [0.15, 0.2) is 30.9 Å². The Kier molecular flexibility index (Phi) is 4.34. The summed E-state index contributed by atoms with van der Waals surface area (Å²) in [5, 5.41) is 12.3. The first-order valence-electron chi connectivity index (χ1n) is 6.49. The maximum atomic E-state index is 11.9. The number of hydrogen-bond donors (Lipinski definition) is 2. The van der Waals surface area contributed by atoms with Crippen molar-refractivity contribution in [2.45, 2.75) is 26.9 Å². The van der Waals surface area contributed by atoms with Crippen molar-refractivity contribution < 1.29 is 9.90 Å². The third-order valence-corrected chi connectivity index (χ3v) is 2.79. The summed E-state index contributed by atoms with van der Waals surface area (Å²) in [7, 11) is 0. The third kappa shape index (κ3) is 3.34. The molecule has 106 valence electrons. The van der Waals surface area contributed by atoms with Gasteiger partial charge in [-0.1, -0.05) is 13.8 Å². The van der Waals surface area contributed by atoms with Crippen LogP contribution >= 0.6 is 0 Å². The number of carbonyl (C=O) groups excluding carboxylic acids is 1. The first-order valence-corrected chi connectivity index (χ1v) is 6.49. The second-order valence-corrected chi connectivity index (χ2v) is 4.98. The van der Waals surface area contributed by atoms with Gasteiger partial charge in [-0.2, -0.15) is 0 Å². The van der Waals surface area contributed by atoms with Crippen LogP contribution in [0.3, 0.4) is 0 Å². The van der Waals surface area contributed by atoms with Crippen molar-refractivity contribution in [3.63, 3.8) is 0 Å². The van der Waals surface area contributed by atoms with E-state index < -0.39 is 5.91 Å². The number of aromatic hydroxyl groups is 1. The van der Waals surface area contributed by atoms with Crippen molar-refractivity contribution in [1.82, 2.24) is 19.9 Å². The van der Waals surface area contributed by atoms with E-state index in [9.17, 15) is 9.90 Å². The van der Waals surface area contributed by atoms with E-state index in [0.29, 0.717) is 12.5 Å². The van der Waals surface area contributed by atoms with Gasteiger partial charge in [0, 0.05) is 18.9 Å². The minimum absolute atomic E-state index is 0.0300. The fraction of sp³-hybridized carbons (Fsp3) is 0.357. The molecule has 6 nitrogen and oxygen atoms in total. The highest BCUT2D eigenvalue weighted by atomic mass is 16.3. The molecular formula is C14H18N4O2. The van der Waals surface area contributed by atoms with E-state index in [4.69, 9.17) is 0 Å². The summed E-state index contributed by atoms with van der Waals surface area (Å²) in [5.74, 6) is -0.0282. The Morgan fingerprint density at radius 2 is 2.30 bits per heavy atom. The molecule has 2 heterocycles. The van der Waals surface area contributed by atoms with E-state index in [1.54, 1.807) is 18.6 Å². The fourth-order valence-electron chi connectivity index (χ4n) is 1.88. The highest BCUT2D eigenvalue weighted by Gasteiger charge is 2.12. The lowest BCUT2D eigenvalue weighted by molar-refractivity contribution is 0.0942. The van der Waals surface area contributed by atoms with Crippen molar-refractivity contribution >= 4 is 5.91 Å². The molecule has 0 spiro atoms. The van der Waals surface area contributed by atoms with E-state index >= 15 is 0 Å². The summed E-state index contributed by atoms with van der Waals surface area (Å²) in [6, 6.07) is 3.01. The molecule has 0 fully saturated rings. The maximum absolute atomic E-state index is 11.9. The molecule has 0 atom stereocenters. The van der Waals surface area contributed by atoms with Crippen molar-refractivity contribution in [1.29, 1.82) is 0 Å². The molecule has 0 saturated heterocycles. The monoisotopic (exact) mass is 274 g/mol. The summed E-state index contributed by atoms with van der Waals surface area (Å²) in [6.45, 7) is 5.43. The van der Waals surface area contributed by atoms with Gasteiger partial charge in [-0.25, -0.2) is 9.97 Å². The van der Waals surface area contributed by atoms with Crippen molar-refractivity contribution in [2.24, 2.45) is 5.92 Å². The topological polar surface area (TPSA) is 80.0 Å². The normalized spacial score (nSPS) is 10.8. The summed E-state index contributed by atoms with van der Waals surface area (Å²) in [4.78, 5) is 19.9. The quantitative estimate of drug-likeness (QED) is 0.867. The average Bonchev–Trinajstić information content (AvgIpc) is 2.83. The van der Waals surface area contributed by atoms with Crippen LogP contribution in [0.5, 0.6) is 5.75 Å². The van der Waals surface area contributed by atoms with Gasteiger partial charge in [0.1, 0.15) is 5.75 Å². The number of rotatable bonds is 5. The molecule has 0 bridgehead atoms. The molecule has 2 rings (SSSR count). The second-order valence-electron chi connectivity index (χ2n) is 4.98. The predicted octanol–water partition coefficient (Wildman–Crippen LogP) is 1.57. The lowest BCUT2D eigenvalue weighted by Gasteiger charge is -2.11. The van der Waals surface area contributed by atoms with Gasteiger partial charge in [-0.15, -0.1) is 0 Å². The minimum Gasteiger partial charge on any atom is -0.505 e. The molecule has 0 radical (unpaired) electrons. The van der Waals surface area contributed by atoms with Crippen molar-refractivity contribution in [3.8, 4) is 5.75 Å². The Morgan fingerprint density at radius 3 is 3.00 bits per heavy atom. The van der Waals surface area contributed by atoms with E-state index in [1.165, 1.54) is 12.3 Å². The van der Waals surface area contributed by atoms with Crippen LogP contribution < -0.4 is 5.32 Å². The Bertz CT molecular complexity index is 592. The first kappa shape index (κ1) is 14.0. The fourth-order valence-corrected chi connectivity index (χ4v) is 1.88. The van der Waals surface area contributed by atoms with Gasteiger partial charge >= 0.3 is 0 Å². The number of pyridine rings is 1. The van der Waals surface area contributed by atoms with E-state index in [0.717, 1.165) is 12.2 Å². The van der Waals surface area contributed by atoms with Crippen LogP contribution in [-0.2, 0) is 13.1 Å². The average molecular weight is 274 g/mol. The van der Waals surface area contributed by atoms with E-state index in [2.05, 4.69) is 29.1 Å². The molecule has 0 aromatic carbocycles. The van der Waals surface area contributed by atoms with Crippen LogP contribution in [0.2, 0.25) is 0 Å². The molecule has 20 heavy (non-hydrogen) atoms. The highest BCUT2D eigenvalue weighted by Crippen LogP contribution is 2.12. The molecule has 0 aliphatic heterocycles. The Hall–Kier alpha value is -2.37. The van der Waals surface area contributed by atoms with Crippen LogP contribution in [0.1, 0.15) is 30.0 Å². The molecule has 0 aliphatic carbocycles. The van der Waals surface area contributed by atoms with Gasteiger partial charge in [-0.3, -0.25) is 4.79 Å². The molecule has 0 aliphatic rings. The number of aromatic nitrogens is 3. The van der Waals surface area contributed by atoms with Gasteiger partial charge in [0.05, 0.1) is 18.6 Å². The van der Waals surface area contributed by atoms with Crippen molar-refractivity contribution in [3.05, 3.63) is 42.2 Å². The first-order chi connectivity index (χ1) is 9.58. The van der Waals surface area contributed by atoms with Crippen LogP contribution in [0.4, 0.5) is 0 Å². The Morgan fingerprint density at radius 1 is 1.50 bits per heavy atom. The standard InChI is InChI=1S/C14H18N4O2/c1-10(2)8-18-9-15-6-11(18)7-17-14(20)13-12(19)4-3-5-16-13/h3-6,9-10,19H,7-8H2,1-2H3,(H,17,20).